The number of hydrazine groups is 1. The monoisotopic (exact) mass is 231 g/mol. The lowest BCUT2D eigenvalue weighted by Crippen LogP contribution is -2.52. The molecule has 86 valence electrons. The van der Waals surface area contributed by atoms with Crippen LogP contribution in [0.3, 0.4) is 0 Å². The van der Waals surface area contributed by atoms with Crippen molar-refractivity contribution in [1.82, 2.24) is 21.1 Å². The molecule has 7 heteroatoms. The first-order chi connectivity index (χ1) is 7.24. The molecule has 0 saturated carbocycles. The molecule has 0 spiro atoms. The Morgan fingerprint density at radius 2 is 2.53 bits per heavy atom. The minimum atomic E-state index is 0.226. The summed E-state index contributed by atoms with van der Waals surface area (Å²) < 4.78 is 0. The molecule has 1 aliphatic rings. The predicted molar refractivity (Wildman–Crippen MR) is 62.0 cm³/mol. The van der Waals surface area contributed by atoms with Crippen LogP contribution in [-0.2, 0) is 4.79 Å². The molecule has 0 aromatic carbocycles. The second-order valence-corrected chi connectivity index (χ2v) is 3.85. The molecule has 0 aromatic rings. The third-order valence-corrected chi connectivity index (χ3v) is 2.45. The lowest BCUT2D eigenvalue weighted by molar-refractivity contribution is -0.121. The van der Waals surface area contributed by atoms with Crippen molar-refractivity contribution < 1.29 is 4.79 Å². The molecule has 0 aliphatic carbocycles. The summed E-state index contributed by atoms with van der Waals surface area (Å²) in [5.74, 6) is 0. The van der Waals surface area contributed by atoms with Gasteiger partial charge in [0, 0.05) is 32.2 Å². The van der Waals surface area contributed by atoms with Gasteiger partial charge in [-0.15, -0.1) is 0 Å². The number of carbonyl (C=O) groups is 1. The fraction of sp³-hybridized carbons (Fsp3) is 0.750. The van der Waals surface area contributed by atoms with Gasteiger partial charge in [0.25, 0.3) is 0 Å². The largest absolute Gasteiger partial charge is 0.375 e. The van der Waals surface area contributed by atoms with E-state index < -0.39 is 0 Å². The molecule has 0 radical (unpaired) electrons. The van der Waals surface area contributed by atoms with Crippen LogP contribution in [0.15, 0.2) is 0 Å². The van der Waals surface area contributed by atoms with Crippen LogP contribution in [0, 0.1) is 0 Å². The Bertz CT molecular complexity index is 225. The molecule has 0 aromatic heterocycles. The molecule has 5 N–H and O–H groups in total. The standard InChI is InChI=1S/C8H17N5OS/c9-8(15)12-11-2-1-7-5-10-3-4-13(7)6-14/h6-7,10-11H,1-5H2,(H3,9,12,15). The van der Waals surface area contributed by atoms with E-state index in [1.807, 2.05) is 4.90 Å². The molecule has 1 unspecified atom stereocenters. The summed E-state index contributed by atoms with van der Waals surface area (Å²) in [5.41, 5.74) is 10.8. The molecule has 1 atom stereocenters. The highest BCUT2D eigenvalue weighted by Gasteiger charge is 2.19. The minimum Gasteiger partial charge on any atom is -0.375 e. The summed E-state index contributed by atoms with van der Waals surface area (Å²) in [6, 6.07) is 0.247. The molecule has 1 rings (SSSR count). The number of amides is 1. The number of rotatable bonds is 5. The molecule has 15 heavy (non-hydrogen) atoms. The molecular formula is C8H17N5OS. The Hall–Kier alpha value is -0.920. The van der Waals surface area contributed by atoms with E-state index in [0.717, 1.165) is 32.5 Å². The van der Waals surface area contributed by atoms with Crippen LogP contribution >= 0.6 is 12.2 Å². The van der Waals surface area contributed by atoms with Gasteiger partial charge in [-0.3, -0.25) is 10.2 Å². The molecular weight excluding hydrogens is 214 g/mol. The van der Waals surface area contributed by atoms with Crippen LogP contribution in [0.2, 0.25) is 0 Å². The number of nitrogens with two attached hydrogens (primary N) is 1. The van der Waals surface area contributed by atoms with Gasteiger partial charge in [0.15, 0.2) is 5.11 Å². The van der Waals surface area contributed by atoms with Crippen molar-refractivity contribution in [1.29, 1.82) is 0 Å². The Kier molecular flexibility index (Phi) is 5.30. The zero-order valence-electron chi connectivity index (χ0n) is 8.53. The van der Waals surface area contributed by atoms with Crippen LogP contribution in [0.1, 0.15) is 6.42 Å². The van der Waals surface area contributed by atoms with Gasteiger partial charge >= 0.3 is 0 Å². The maximum absolute atomic E-state index is 10.7. The quantitative estimate of drug-likeness (QED) is 0.192. The van der Waals surface area contributed by atoms with E-state index in [2.05, 4.69) is 28.4 Å². The van der Waals surface area contributed by atoms with Crippen molar-refractivity contribution in [2.75, 3.05) is 26.2 Å². The second-order valence-electron chi connectivity index (χ2n) is 3.41. The van der Waals surface area contributed by atoms with Crippen molar-refractivity contribution in [2.24, 2.45) is 5.73 Å². The summed E-state index contributed by atoms with van der Waals surface area (Å²) in [6.07, 6.45) is 1.77. The van der Waals surface area contributed by atoms with Gasteiger partial charge in [-0.05, 0) is 18.6 Å². The third-order valence-electron chi connectivity index (χ3n) is 2.35. The molecule has 1 heterocycles. The Labute approximate surface area is 94.5 Å². The number of piperazine rings is 1. The summed E-state index contributed by atoms with van der Waals surface area (Å²) in [6.45, 7) is 3.20. The average Bonchev–Trinajstić information content (AvgIpc) is 2.24. The highest BCUT2D eigenvalue weighted by Crippen LogP contribution is 2.03. The number of carbonyl (C=O) groups excluding carboxylic acids is 1. The molecule has 6 nitrogen and oxygen atoms in total. The van der Waals surface area contributed by atoms with Crippen molar-refractivity contribution in [2.45, 2.75) is 12.5 Å². The minimum absolute atomic E-state index is 0.226. The normalized spacial score (nSPS) is 21.1. The Balaban J connectivity index is 2.17. The Morgan fingerprint density at radius 3 is 3.20 bits per heavy atom. The van der Waals surface area contributed by atoms with Crippen molar-refractivity contribution in [3.05, 3.63) is 0 Å². The highest BCUT2D eigenvalue weighted by atomic mass is 32.1. The summed E-state index contributed by atoms with van der Waals surface area (Å²) in [5, 5.41) is 3.48. The maximum Gasteiger partial charge on any atom is 0.210 e. The van der Waals surface area contributed by atoms with Gasteiger partial charge in [-0.1, -0.05) is 0 Å². The fourth-order valence-corrected chi connectivity index (χ4v) is 1.64. The molecule has 1 saturated heterocycles. The number of nitrogens with zero attached hydrogens (tertiary/aromatic N) is 1. The van der Waals surface area contributed by atoms with Crippen molar-refractivity contribution in [3.8, 4) is 0 Å². The summed E-state index contributed by atoms with van der Waals surface area (Å²) in [4.78, 5) is 12.6. The van der Waals surface area contributed by atoms with E-state index in [-0.39, 0.29) is 11.2 Å². The van der Waals surface area contributed by atoms with E-state index >= 15 is 0 Å². The molecule has 1 fully saturated rings. The molecule has 0 bridgehead atoms. The Morgan fingerprint density at radius 1 is 1.73 bits per heavy atom. The average molecular weight is 231 g/mol. The van der Waals surface area contributed by atoms with Crippen LogP contribution in [-0.4, -0.2) is 48.6 Å². The first-order valence-corrected chi connectivity index (χ1v) is 5.35. The van der Waals surface area contributed by atoms with Gasteiger partial charge in [-0.2, -0.15) is 0 Å². The maximum atomic E-state index is 10.7. The lowest BCUT2D eigenvalue weighted by atomic mass is 10.1. The van der Waals surface area contributed by atoms with E-state index in [0.29, 0.717) is 6.54 Å². The molecule has 1 amide bonds. The van der Waals surface area contributed by atoms with Crippen molar-refractivity contribution in [3.63, 3.8) is 0 Å². The first kappa shape index (κ1) is 12.2. The summed E-state index contributed by atoms with van der Waals surface area (Å²) in [7, 11) is 0. The number of hydrogen-bond acceptors (Lipinski definition) is 4. The summed E-state index contributed by atoms with van der Waals surface area (Å²) >= 11 is 4.64. The predicted octanol–water partition coefficient (Wildman–Crippen LogP) is -1.86. The molecule has 1 aliphatic heterocycles. The van der Waals surface area contributed by atoms with E-state index in [1.54, 1.807) is 0 Å². The van der Waals surface area contributed by atoms with E-state index in [1.165, 1.54) is 0 Å². The zero-order valence-corrected chi connectivity index (χ0v) is 9.35. The lowest BCUT2D eigenvalue weighted by Gasteiger charge is -2.33. The SMILES string of the molecule is NC(=S)NNCCC1CNCCN1C=O. The van der Waals surface area contributed by atoms with Gasteiger partial charge in [0.2, 0.25) is 6.41 Å². The topological polar surface area (TPSA) is 82.4 Å². The van der Waals surface area contributed by atoms with Gasteiger partial charge < -0.3 is 16.0 Å². The van der Waals surface area contributed by atoms with Crippen molar-refractivity contribution >= 4 is 23.7 Å². The van der Waals surface area contributed by atoms with Crippen LogP contribution in [0.25, 0.3) is 0 Å². The first-order valence-electron chi connectivity index (χ1n) is 4.94. The number of nitrogens with one attached hydrogen (secondary N) is 3. The van der Waals surface area contributed by atoms with Crippen LogP contribution < -0.4 is 21.9 Å². The highest BCUT2D eigenvalue weighted by molar-refractivity contribution is 7.80. The third kappa shape index (κ3) is 4.41. The van der Waals surface area contributed by atoms with Crippen LogP contribution in [0.4, 0.5) is 0 Å². The van der Waals surface area contributed by atoms with E-state index in [4.69, 9.17) is 5.73 Å². The zero-order chi connectivity index (χ0) is 11.1. The fourth-order valence-electron chi connectivity index (χ4n) is 1.57. The van der Waals surface area contributed by atoms with Gasteiger partial charge in [0.05, 0.1) is 0 Å². The number of thiocarbonyl (C=S) groups is 1. The smallest absolute Gasteiger partial charge is 0.210 e. The second kappa shape index (κ2) is 6.54. The van der Waals surface area contributed by atoms with Crippen LogP contribution in [0.5, 0.6) is 0 Å². The van der Waals surface area contributed by atoms with Gasteiger partial charge in [0.1, 0.15) is 0 Å². The van der Waals surface area contributed by atoms with E-state index in [9.17, 15) is 4.79 Å². The van der Waals surface area contributed by atoms with Gasteiger partial charge in [-0.25, -0.2) is 5.43 Å². The number of hydrogen-bond donors (Lipinski definition) is 4.